The van der Waals surface area contributed by atoms with Crippen LogP contribution < -0.4 is 16.7 Å². The summed E-state index contributed by atoms with van der Waals surface area (Å²) < 4.78 is 0.788. The second-order valence-corrected chi connectivity index (χ2v) is 4.86. The highest BCUT2D eigenvalue weighted by Crippen LogP contribution is 2.06. The summed E-state index contributed by atoms with van der Waals surface area (Å²) in [4.78, 5) is 28.0. The number of carbonyl (C=O) groups is 1. The Balaban J connectivity index is 2.41. The van der Waals surface area contributed by atoms with Gasteiger partial charge in [0.15, 0.2) is 0 Å². The number of para-hydroxylation sites is 1. The minimum Gasteiger partial charge on any atom is -0.348 e. The molecule has 0 atom stereocenters. The molecular weight excluding hydrogens is 264 g/mol. The van der Waals surface area contributed by atoms with Gasteiger partial charge < -0.3 is 11.2 Å². The van der Waals surface area contributed by atoms with E-state index in [1.54, 1.807) is 36.0 Å². The number of nitrogens with two attached hydrogens (primary N) is 1. The lowest BCUT2D eigenvalue weighted by molar-refractivity contribution is 0.0942. The Bertz CT molecular complexity index is 668. The molecule has 0 fully saturated rings. The van der Waals surface area contributed by atoms with Crippen molar-refractivity contribution in [2.45, 2.75) is 0 Å². The SMILES string of the molecule is CSCCNC(=O)c1nc2ccccc2c(=O)n1N. The topological polar surface area (TPSA) is 90.0 Å². The van der Waals surface area contributed by atoms with E-state index in [4.69, 9.17) is 5.84 Å². The lowest BCUT2D eigenvalue weighted by atomic mass is 10.2. The van der Waals surface area contributed by atoms with Crippen molar-refractivity contribution < 1.29 is 4.79 Å². The molecule has 7 heteroatoms. The first-order valence-electron chi connectivity index (χ1n) is 5.69. The van der Waals surface area contributed by atoms with E-state index >= 15 is 0 Å². The van der Waals surface area contributed by atoms with Crippen LogP contribution in [0.2, 0.25) is 0 Å². The van der Waals surface area contributed by atoms with Gasteiger partial charge in [0.25, 0.3) is 11.5 Å². The summed E-state index contributed by atoms with van der Waals surface area (Å²) in [5.74, 6) is 5.89. The molecule has 6 nitrogen and oxygen atoms in total. The van der Waals surface area contributed by atoms with Gasteiger partial charge in [-0.3, -0.25) is 9.59 Å². The second kappa shape index (κ2) is 5.75. The van der Waals surface area contributed by atoms with E-state index < -0.39 is 11.5 Å². The molecule has 0 aliphatic carbocycles. The number of aromatic nitrogens is 2. The maximum absolute atomic E-state index is 12.0. The maximum Gasteiger partial charge on any atom is 0.289 e. The van der Waals surface area contributed by atoms with Gasteiger partial charge in [-0.25, -0.2) is 9.66 Å². The van der Waals surface area contributed by atoms with Gasteiger partial charge in [-0.2, -0.15) is 11.8 Å². The maximum atomic E-state index is 12.0. The molecule has 0 unspecified atom stereocenters. The predicted molar refractivity (Wildman–Crippen MR) is 76.9 cm³/mol. The summed E-state index contributed by atoms with van der Waals surface area (Å²) in [6.07, 6.45) is 1.94. The van der Waals surface area contributed by atoms with Crippen molar-refractivity contribution >= 4 is 28.6 Å². The summed E-state index contributed by atoms with van der Waals surface area (Å²) in [5, 5.41) is 3.06. The van der Waals surface area contributed by atoms with Crippen LogP contribution in [0.25, 0.3) is 10.9 Å². The first kappa shape index (κ1) is 13.4. The number of hydrogen-bond acceptors (Lipinski definition) is 5. The number of carbonyl (C=O) groups excluding carboxylic acids is 1. The molecule has 0 bridgehead atoms. The fraction of sp³-hybridized carbons (Fsp3) is 0.250. The molecule has 0 aliphatic rings. The van der Waals surface area contributed by atoms with Crippen LogP contribution in [-0.4, -0.2) is 34.1 Å². The Morgan fingerprint density at radius 2 is 2.21 bits per heavy atom. The van der Waals surface area contributed by atoms with Crippen LogP contribution in [0.1, 0.15) is 10.6 Å². The third-order valence-corrected chi connectivity index (χ3v) is 3.22. The fourth-order valence-electron chi connectivity index (χ4n) is 1.65. The van der Waals surface area contributed by atoms with Gasteiger partial charge in [0.05, 0.1) is 10.9 Å². The Hall–Kier alpha value is -2.02. The zero-order valence-corrected chi connectivity index (χ0v) is 11.2. The molecule has 2 rings (SSSR count). The largest absolute Gasteiger partial charge is 0.348 e. The number of nitrogen functional groups attached to an aromatic ring is 1. The quantitative estimate of drug-likeness (QED) is 0.616. The molecule has 0 spiro atoms. The number of nitrogens with one attached hydrogen (secondary N) is 1. The molecule has 1 amide bonds. The van der Waals surface area contributed by atoms with E-state index in [0.717, 1.165) is 10.4 Å². The average Bonchev–Trinajstić information content (AvgIpc) is 2.43. The zero-order chi connectivity index (χ0) is 13.8. The second-order valence-electron chi connectivity index (χ2n) is 3.88. The monoisotopic (exact) mass is 278 g/mol. The van der Waals surface area contributed by atoms with E-state index in [1.807, 2.05) is 6.26 Å². The van der Waals surface area contributed by atoms with Gasteiger partial charge in [0, 0.05) is 12.3 Å². The van der Waals surface area contributed by atoms with Crippen LogP contribution >= 0.6 is 11.8 Å². The highest BCUT2D eigenvalue weighted by molar-refractivity contribution is 7.98. The van der Waals surface area contributed by atoms with Crippen molar-refractivity contribution in [2.24, 2.45) is 0 Å². The number of benzene rings is 1. The van der Waals surface area contributed by atoms with Gasteiger partial charge in [-0.15, -0.1) is 0 Å². The molecule has 3 N–H and O–H groups in total. The van der Waals surface area contributed by atoms with E-state index in [0.29, 0.717) is 17.4 Å². The Morgan fingerprint density at radius 1 is 1.47 bits per heavy atom. The van der Waals surface area contributed by atoms with Crippen LogP contribution in [0.4, 0.5) is 0 Å². The van der Waals surface area contributed by atoms with E-state index in [1.165, 1.54) is 0 Å². The van der Waals surface area contributed by atoms with Gasteiger partial charge in [0.1, 0.15) is 0 Å². The number of thioether (sulfide) groups is 1. The van der Waals surface area contributed by atoms with Gasteiger partial charge in [-0.05, 0) is 18.4 Å². The van der Waals surface area contributed by atoms with E-state index in [9.17, 15) is 9.59 Å². The van der Waals surface area contributed by atoms with Crippen LogP contribution in [0.15, 0.2) is 29.1 Å². The Kier molecular flexibility index (Phi) is 4.06. The lowest BCUT2D eigenvalue weighted by Gasteiger charge is -2.08. The molecule has 0 radical (unpaired) electrons. The molecule has 100 valence electrons. The lowest BCUT2D eigenvalue weighted by Crippen LogP contribution is -2.38. The highest BCUT2D eigenvalue weighted by atomic mass is 32.2. The third kappa shape index (κ3) is 2.70. The minimum absolute atomic E-state index is 0.0789. The number of hydrogen-bond donors (Lipinski definition) is 2. The fourth-order valence-corrected chi connectivity index (χ4v) is 1.96. The van der Waals surface area contributed by atoms with Crippen LogP contribution in [0.5, 0.6) is 0 Å². The molecule has 0 saturated heterocycles. The normalized spacial score (nSPS) is 10.6. The van der Waals surface area contributed by atoms with Gasteiger partial charge in [-0.1, -0.05) is 12.1 Å². The summed E-state index contributed by atoms with van der Waals surface area (Å²) in [5.41, 5.74) is 0.0323. The van der Waals surface area contributed by atoms with Crippen LogP contribution in [0.3, 0.4) is 0 Å². The molecule has 1 heterocycles. The molecule has 2 aromatic rings. The summed E-state index contributed by atoms with van der Waals surface area (Å²) in [7, 11) is 0. The van der Waals surface area contributed by atoms with E-state index in [2.05, 4.69) is 10.3 Å². The smallest absolute Gasteiger partial charge is 0.289 e. The summed E-state index contributed by atoms with van der Waals surface area (Å²) in [6.45, 7) is 0.503. The van der Waals surface area contributed by atoms with Crippen LogP contribution in [0, 0.1) is 0 Å². The molecule has 0 aliphatic heterocycles. The Morgan fingerprint density at radius 3 is 2.95 bits per heavy atom. The number of fused-ring (bicyclic) bond motifs is 1. The van der Waals surface area contributed by atoms with Crippen LogP contribution in [-0.2, 0) is 0 Å². The number of amides is 1. The van der Waals surface area contributed by atoms with Crippen molar-refractivity contribution in [3.63, 3.8) is 0 Å². The standard InChI is InChI=1S/C12H14N4O2S/c1-19-7-6-14-11(17)10-15-9-5-3-2-4-8(9)12(18)16(10)13/h2-5H,6-7,13H2,1H3,(H,14,17). The van der Waals surface area contributed by atoms with Crippen molar-refractivity contribution in [1.29, 1.82) is 0 Å². The highest BCUT2D eigenvalue weighted by Gasteiger charge is 2.15. The first-order valence-corrected chi connectivity index (χ1v) is 7.08. The molecule has 0 saturated carbocycles. The van der Waals surface area contributed by atoms with E-state index in [-0.39, 0.29) is 5.82 Å². The van der Waals surface area contributed by atoms with Gasteiger partial charge >= 0.3 is 0 Å². The number of nitrogens with zero attached hydrogens (tertiary/aromatic N) is 2. The van der Waals surface area contributed by atoms with Crippen molar-refractivity contribution in [3.8, 4) is 0 Å². The zero-order valence-electron chi connectivity index (χ0n) is 10.4. The molecular formula is C12H14N4O2S. The minimum atomic E-state index is -0.445. The summed E-state index contributed by atoms with van der Waals surface area (Å²) in [6, 6.07) is 6.79. The van der Waals surface area contributed by atoms with Crippen molar-refractivity contribution in [1.82, 2.24) is 15.0 Å². The Labute approximate surface area is 114 Å². The number of rotatable bonds is 4. The third-order valence-electron chi connectivity index (χ3n) is 2.60. The first-order chi connectivity index (χ1) is 9.15. The molecule has 1 aromatic heterocycles. The summed E-state index contributed by atoms with van der Waals surface area (Å²) >= 11 is 1.61. The molecule has 19 heavy (non-hydrogen) atoms. The predicted octanol–water partition coefficient (Wildman–Crippen LogP) is 0.203. The van der Waals surface area contributed by atoms with Crippen molar-refractivity contribution in [2.75, 3.05) is 24.4 Å². The average molecular weight is 278 g/mol. The van der Waals surface area contributed by atoms with Gasteiger partial charge in [0.2, 0.25) is 5.82 Å². The molecule has 1 aromatic carbocycles. The van der Waals surface area contributed by atoms with Crippen molar-refractivity contribution in [3.05, 3.63) is 40.4 Å².